The van der Waals surface area contributed by atoms with Gasteiger partial charge in [0.05, 0.1) is 0 Å². The Hall–Kier alpha value is -3.67. The van der Waals surface area contributed by atoms with Gasteiger partial charge in [0.15, 0.2) is 6.10 Å². The van der Waals surface area contributed by atoms with Gasteiger partial charge in [-0.3, -0.25) is 14.4 Å². The van der Waals surface area contributed by atoms with Crippen LogP contribution < -0.4 is 0 Å². The predicted molar refractivity (Wildman–Crippen MR) is 320 cm³/mol. The van der Waals surface area contributed by atoms with Crippen molar-refractivity contribution in [2.45, 2.75) is 303 Å². The summed E-state index contributed by atoms with van der Waals surface area (Å²) in [6.45, 7) is 6.50. The van der Waals surface area contributed by atoms with Crippen LogP contribution in [0.3, 0.4) is 0 Å². The molecule has 0 amide bonds. The molecular weight excluding hydrogens is 913 g/mol. The maximum atomic E-state index is 12.9. The average Bonchev–Trinajstić information content (AvgIpc) is 3.40. The topological polar surface area (TPSA) is 78.9 Å². The second kappa shape index (κ2) is 61.9. The van der Waals surface area contributed by atoms with E-state index in [2.05, 4.69) is 118 Å². The summed E-state index contributed by atoms with van der Waals surface area (Å²) < 4.78 is 16.9. The highest BCUT2D eigenvalue weighted by Crippen LogP contribution is 2.15. The van der Waals surface area contributed by atoms with Crippen molar-refractivity contribution in [1.29, 1.82) is 0 Å². The second-order valence-electron chi connectivity index (χ2n) is 20.6. The average molecular weight is 1030 g/mol. The Morgan fingerprint density at radius 2 is 0.527 bits per heavy atom. The van der Waals surface area contributed by atoms with Crippen LogP contribution in [0.2, 0.25) is 0 Å². The van der Waals surface area contributed by atoms with E-state index < -0.39 is 6.10 Å². The number of esters is 3. The lowest BCUT2D eigenvalue weighted by molar-refractivity contribution is -0.167. The van der Waals surface area contributed by atoms with E-state index in [1.165, 1.54) is 141 Å². The summed E-state index contributed by atoms with van der Waals surface area (Å²) in [7, 11) is 0. The highest BCUT2D eigenvalue weighted by atomic mass is 16.6. The molecule has 0 aliphatic rings. The van der Waals surface area contributed by atoms with E-state index in [9.17, 15) is 14.4 Å². The molecule has 0 aromatic carbocycles. The largest absolute Gasteiger partial charge is 0.462 e. The molecule has 1 atom stereocenters. The zero-order valence-corrected chi connectivity index (χ0v) is 48.6. The summed E-state index contributed by atoms with van der Waals surface area (Å²) in [4.78, 5) is 38.3. The Morgan fingerprint density at radius 3 is 0.838 bits per heavy atom. The number of hydrogen-bond donors (Lipinski definition) is 0. The monoisotopic (exact) mass is 1030 g/mol. The Labute approximate surface area is 457 Å². The fourth-order valence-electron chi connectivity index (χ4n) is 8.61. The normalized spacial score (nSPS) is 12.7. The lowest BCUT2D eigenvalue weighted by atomic mass is 10.1. The second-order valence-corrected chi connectivity index (χ2v) is 20.6. The quantitative estimate of drug-likeness (QED) is 0.0261. The molecule has 0 aromatic rings. The molecule has 0 bridgehead atoms. The molecule has 0 heterocycles. The van der Waals surface area contributed by atoms with Crippen LogP contribution in [0.4, 0.5) is 0 Å². The van der Waals surface area contributed by atoms with E-state index in [0.717, 1.165) is 116 Å². The van der Waals surface area contributed by atoms with Crippen LogP contribution >= 0.6 is 0 Å². The van der Waals surface area contributed by atoms with E-state index in [4.69, 9.17) is 14.2 Å². The number of ether oxygens (including phenoxy) is 3. The van der Waals surface area contributed by atoms with Crippen LogP contribution in [0.1, 0.15) is 297 Å². The lowest BCUT2D eigenvalue weighted by Gasteiger charge is -2.18. The summed E-state index contributed by atoms with van der Waals surface area (Å²) in [5, 5.41) is 0. The number of allylic oxidation sites excluding steroid dienone is 16. The van der Waals surface area contributed by atoms with Gasteiger partial charge in [0.1, 0.15) is 13.2 Å². The van der Waals surface area contributed by atoms with Crippen molar-refractivity contribution in [3.05, 3.63) is 97.2 Å². The van der Waals surface area contributed by atoms with E-state index in [-0.39, 0.29) is 31.1 Å². The van der Waals surface area contributed by atoms with E-state index in [1.807, 2.05) is 0 Å². The highest BCUT2D eigenvalue weighted by Gasteiger charge is 2.19. The van der Waals surface area contributed by atoms with Crippen LogP contribution in [0, 0.1) is 0 Å². The van der Waals surface area contributed by atoms with Crippen molar-refractivity contribution in [3.63, 3.8) is 0 Å². The molecule has 0 rings (SSSR count). The lowest BCUT2D eigenvalue weighted by Crippen LogP contribution is -2.30. The van der Waals surface area contributed by atoms with Crippen LogP contribution in [0.15, 0.2) is 97.2 Å². The minimum absolute atomic E-state index is 0.0942. The molecule has 0 radical (unpaired) electrons. The maximum Gasteiger partial charge on any atom is 0.306 e. The highest BCUT2D eigenvalue weighted by molar-refractivity contribution is 5.71. The van der Waals surface area contributed by atoms with Crippen molar-refractivity contribution >= 4 is 17.9 Å². The minimum atomic E-state index is -0.798. The first-order valence-electron chi connectivity index (χ1n) is 31.2. The van der Waals surface area contributed by atoms with Gasteiger partial charge in [-0.05, 0) is 122 Å². The minimum Gasteiger partial charge on any atom is -0.462 e. The summed E-state index contributed by atoms with van der Waals surface area (Å²) in [5.74, 6) is -0.926. The van der Waals surface area contributed by atoms with Gasteiger partial charge in [-0.1, -0.05) is 253 Å². The zero-order chi connectivity index (χ0) is 53.6. The first kappa shape index (κ1) is 70.3. The Morgan fingerprint density at radius 1 is 0.284 bits per heavy atom. The van der Waals surface area contributed by atoms with Crippen LogP contribution in [-0.2, 0) is 28.6 Å². The first-order valence-corrected chi connectivity index (χ1v) is 31.2. The van der Waals surface area contributed by atoms with Gasteiger partial charge in [-0.15, -0.1) is 0 Å². The third-order valence-corrected chi connectivity index (χ3v) is 13.3. The van der Waals surface area contributed by atoms with Gasteiger partial charge in [-0.25, -0.2) is 0 Å². The van der Waals surface area contributed by atoms with Crippen molar-refractivity contribution in [3.8, 4) is 0 Å². The van der Waals surface area contributed by atoms with Gasteiger partial charge in [0, 0.05) is 19.3 Å². The molecule has 0 aromatic heterocycles. The van der Waals surface area contributed by atoms with E-state index >= 15 is 0 Å². The molecule has 0 saturated heterocycles. The first-order chi connectivity index (χ1) is 36.5. The summed E-state index contributed by atoms with van der Waals surface area (Å²) >= 11 is 0. The number of rotatable bonds is 56. The summed E-state index contributed by atoms with van der Waals surface area (Å²) in [5.41, 5.74) is 0. The zero-order valence-electron chi connectivity index (χ0n) is 48.6. The smallest absolute Gasteiger partial charge is 0.306 e. The van der Waals surface area contributed by atoms with E-state index in [0.29, 0.717) is 19.3 Å². The molecule has 6 nitrogen and oxygen atoms in total. The molecule has 6 heteroatoms. The van der Waals surface area contributed by atoms with Gasteiger partial charge < -0.3 is 14.2 Å². The number of carbonyl (C=O) groups is 3. The molecule has 0 aliphatic carbocycles. The Bertz CT molecular complexity index is 1460. The molecular formula is C68H116O6. The predicted octanol–water partition coefficient (Wildman–Crippen LogP) is 21.3. The molecule has 1 unspecified atom stereocenters. The third kappa shape index (κ3) is 59.2. The van der Waals surface area contributed by atoms with Gasteiger partial charge >= 0.3 is 17.9 Å². The molecule has 0 N–H and O–H groups in total. The SMILES string of the molecule is CC/C=C\C/C=C\C/C=C\C/C=C\CCCCCCC(=O)OCC(COC(=O)CCCCCCCC/C=C\C/C=C\C/C=C\CCCCCCC)OC(=O)CCCCCCCCC/C=C\CCCCCCCCC. The Balaban J connectivity index is 4.45. The number of carbonyl (C=O) groups excluding carboxylic acids is 3. The van der Waals surface area contributed by atoms with Gasteiger partial charge in [0.2, 0.25) is 0 Å². The molecule has 0 fully saturated rings. The Kier molecular flexibility index (Phi) is 58.8. The molecule has 424 valence electrons. The molecule has 0 aliphatic heterocycles. The fraction of sp³-hybridized carbons (Fsp3) is 0.721. The summed E-state index contributed by atoms with van der Waals surface area (Å²) in [6.07, 6.45) is 82.6. The van der Waals surface area contributed by atoms with Crippen molar-refractivity contribution in [2.75, 3.05) is 13.2 Å². The summed E-state index contributed by atoms with van der Waals surface area (Å²) in [6, 6.07) is 0. The standard InChI is InChI=1S/C68H116O6/c1-4-7-10-13-16-19-22-25-28-31-33-34-35-38-40-43-46-49-52-55-58-61-67(70)73-64-65(63-72-66(69)60-57-54-51-48-45-42-39-36-30-27-24-21-18-15-12-9-6-3)74-68(71)62-59-56-53-50-47-44-41-37-32-29-26-23-20-17-14-11-8-5-2/h9,12,18,21-22,25,27,29-33,35,38-39,42,65H,4-8,10-11,13-17,19-20,23-24,26,28,34,36-37,40-41,43-64H2,1-3H3/b12-9-,21-18-,25-22-,30-27-,32-29-,33-31-,38-35-,42-39-. The number of hydrogen-bond acceptors (Lipinski definition) is 6. The van der Waals surface area contributed by atoms with Crippen molar-refractivity contribution in [1.82, 2.24) is 0 Å². The fourth-order valence-corrected chi connectivity index (χ4v) is 8.61. The maximum absolute atomic E-state index is 12.9. The van der Waals surface area contributed by atoms with Gasteiger partial charge in [-0.2, -0.15) is 0 Å². The molecule has 0 spiro atoms. The van der Waals surface area contributed by atoms with Crippen molar-refractivity contribution < 1.29 is 28.6 Å². The van der Waals surface area contributed by atoms with Crippen molar-refractivity contribution in [2.24, 2.45) is 0 Å². The molecule has 74 heavy (non-hydrogen) atoms. The number of unbranched alkanes of at least 4 members (excludes halogenated alkanes) is 29. The molecule has 0 saturated carbocycles. The van der Waals surface area contributed by atoms with Crippen LogP contribution in [0.25, 0.3) is 0 Å². The van der Waals surface area contributed by atoms with Crippen LogP contribution in [0.5, 0.6) is 0 Å². The third-order valence-electron chi connectivity index (χ3n) is 13.3. The van der Waals surface area contributed by atoms with E-state index in [1.54, 1.807) is 0 Å². The van der Waals surface area contributed by atoms with Crippen LogP contribution in [-0.4, -0.2) is 37.2 Å². The van der Waals surface area contributed by atoms with Gasteiger partial charge in [0.25, 0.3) is 0 Å².